The Hall–Kier alpha value is -1.55. The lowest BCUT2D eigenvalue weighted by atomic mass is 10.1. The third-order valence-electron chi connectivity index (χ3n) is 2.56. The zero-order chi connectivity index (χ0) is 11.5. The van der Waals surface area contributed by atoms with Crippen molar-refractivity contribution in [2.24, 2.45) is 5.73 Å². The van der Waals surface area contributed by atoms with Gasteiger partial charge < -0.3 is 10.6 Å². The number of primary amides is 1. The van der Waals surface area contributed by atoms with Crippen molar-refractivity contribution in [3.8, 4) is 0 Å². The molecular formula is C11H12ClN3O. The molecule has 1 aromatic rings. The summed E-state index contributed by atoms with van der Waals surface area (Å²) in [6.45, 7) is 1.33. The predicted molar refractivity (Wildman–Crippen MR) is 63.4 cm³/mol. The second kappa shape index (κ2) is 4.53. The van der Waals surface area contributed by atoms with Crippen molar-refractivity contribution in [3.05, 3.63) is 35.0 Å². The van der Waals surface area contributed by atoms with Gasteiger partial charge in [0.25, 0.3) is 0 Å². The standard InChI is InChI=1S/C11H12ClN3O/c12-9-2-1-5-14-11(9)15-6-3-8(4-7-15)10(13)16/h1-3,5H,4,6-7H2,(H2,13,16). The van der Waals surface area contributed by atoms with Crippen LogP contribution in [0.2, 0.25) is 5.02 Å². The molecule has 2 N–H and O–H groups in total. The topological polar surface area (TPSA) is 59.2 Å². The van der Waals surface area contributed by atoms with Crippen molar-refractivity contribution >= 4 is 23.3 Å². The molecule has 1 aromatic heterocycles. The Morgan fingerprint density at radius 3 is 2.94 bits per heavy atom. The molecular weight excluding hydrogens is 226 g/mol. The maximum Gasteiger partial charge on any atom is 0.244 e. The minimum atomic E-state index is -0.341. The molecule has 0 fully saturated rings. The summed E-state index contributed by atoms with van der Waals surface area (Å²) in [6, 6.07) is 3.59. The van der Waals surface area contributed by atoms with Gasteiger partial charge in [-0.05, 0) is 18.6 Å². The molecule has 2 rings (SSSR count). The van der Waals surface area contributed by atoms with Crippen LogP contribution in [0, 0.1) is 0 Å². The molecule has 4 nitrogen and oxygen atoms in total. The van der Waals surface area contributed by atoms with Gasteiger partial charge in [0.2, 0.25) is 5.91 Å². The van der Waals surface area contributed by atoms with Crippen LogP contribution in [0.4, 0.5) is 5.82 Å². The second-order valence-electron chi connectivity index (χ2n) is 3.60. The second-order valence-corrected chi connectivity index (χ2v) is 4.01. The Morgan fingerprint density at radius 1 is 1.56 bits per heavy atom. The van der Waals surface area contributed by atoms with E-state index in [2.05, 4.69) is 4.98 Å². The van der Waals surface area contributed by atoms with E-state index < -0.39 is 0 Å². The predicted octanol–water partition coefficient (Wildman–Crippen LogP) is 1.36. The van der Waals surface area contributed by atoms with Crippen molar-refractivity contribution in [2.45, 2.75) is 6.42 Å². The summed E-state index contributed by atoms with van der Waals surface area (Å²) in [5.41, 5.74) is 5.90. The van der Waals surface area contributed by atoms with Gasteiger partial charge in [-0.1, -0.05) is 17.7 Å². The van der Waals surface area contributed by atoms with Gasteiger partial charge in [0.1, 0.15) is 5.82 Å². The number of rotatable bonds is 2. The number of pyridine rings is 1. The van der Waals surface area contributed by atoms with Gasteiger partial charge in [-0.3, -0.25) is 4.79 Å². The van der Waals surface area contributed by atoms with Crippen molar-refractivity contribution in [2.75, 3.05) is 18.0 Å². The van der Waals surface area contributed by atoms with Gasteiger partial charge >= 0.3 is 0 Å². The smallest absolute Gasteiger partial charge is 0.244 e. The lowest BCUT2D eigenvalue weighted by molar-refractivity contribution is -0.114. The fraction of sp³-hybridized carbons (Fsp3) is 0.273. The molecule has 0 bridgehead atoms. The summed E-state index contributed by atoms with van der Waals surface area (Å²) in [6.07, 6.45) is 4.17. The molecule has 84 valence electrons. The van der Waals surface area contributed by atoms with E-state index in [0.717, 1.165) is 5.82 Å². The maximum atomic E-state index is 11.0. The summed E-state index contributed by atoms with van der Waals surface area (Å²) in [7, 11) is 0. The van der Waals surface area contributed by atoms with Crippen molar-refractivity contribution < 1.29 is 4.79 Å². The van der Waals surface area contributed by atoms with E-state index in [9.17, 15) is 4.79 Å². The number of anilines is 1. The number of nitrogens with zero attached hydrogens (tertiary/aromatic N) is 2. The minimum Gasteiger partial charge on any atom is -0.366 e. The first kappa shape index (κ1) is 11.0. The Bertz CT molecular complexity index is 445. The van der Waals surface area contributed by atoms with E-state index in [1.54, 1.807) is 18.3 Å². The lowest BCUT2D eigenvalue weighted by Gasteiger charge is -2.27. The number of nitrogens with two attached hydrogens (primary N) is 1. The first-order valence-corrected chi connectivity index (χ1v) is 5.40. The van der Waals surface area contributed by atoms with Crippen molar-refractivity contribution in [3.63, 3.8) is 0 Å². The van der Waals surface area contributed by atoms with Gasteiger partial charge in [-0.25, -0.2) is 4.98 Å². The van der Waals surface area contributed by atoms with Crippen LogP contribution in [0.3, 0.4) is 0 Å². The van der Waals surface area contributed by atoms with Gasteiger partial charge in [-0.2, -0.15) is 0 Å². The van der Waals surface area contributed by atoms with Crippen LogP contribution in [0.25, 0.3) is 0 Å². The average Bonchev–Trinajstić information content (AvgIpc) is 2.30. The van der Waals surface area contributed by atoms with Crippen LogP contribution in [0.1, 0.15) is 6.42 Å². The first-order chi connectivity index (χ1) is 7.68. The van der Waals surface area contributed by atoms with Gasteiger partial charge in [0, 0.05) is 24.9 Å². The Kier molecular flexibility index (Phi) is 3.10. The van der Waals surface area contributed by atoms with Crippen molar-refractivity contribution in [1.82, 2.24) is 4.98 Å². The van der Waals surface area contributed by atoms with Gasteiger partial charge in [0.15, 0.2) is 0 Å². The molecule has 1 amide bonds. The molecule has 1 aliphatic rings. The quantitative estimate of drug-likeness (QED) is 0.845. The number of amides is 1. The molecule has 0 aromatic carbocycles. The summed E-state index contributed by atoms with van der Waals surface area (Å²) < 4.78 is 0. The number of aromatic nitrogens is 1. The van der Waals surface area contributed by atoms with Gasteiger partial charge in [-0.15, -0.1) is 0 Å². The Morgan fingerprint density at radius 2 is 2.38 bits per heavy atom. The molecule has 0 saturated carbocycles. The molecule has 0 unspecified atom stereocenters. The van der Waals surface area contributed by atoms with Crippen LogP contribution in [0.5, 0.6) is 0 Å². The van der Waals surface area contributed by atoms with Crippen LogP contribution >= 0.6 is 11.6 Å². The average molecular weight is 238 g/mol. The third kappa shape index (κ3) is 2.17. The number of carbonyl (C=O) groups excluding carboxylic acids is 1. The van der Waals surface area contributed by atoms with E-state index >= 15 is 0 Å². The number of hydrogen-bond donors (Lipinski definition) is 1. The van der Waals surface area contributed by atoms with Crippen LogP contribution in [-0.4, -0.2) is 24.0 Å². The molecule has 0 aliphatic carbocycles. The number of carbonyl (C=O) groups is 1. The highest BCUT2D eigenvalue weighted by atomic mass is 35.5. The summed E-state index contributed by atoms with van der Waals surface area (Å²) >= 11 is 6.04. The van der Waals surface area contributed by atoms with Crippen LogP contribution in [-0.2, 0) is 4.79 Å². The molecule has 2 heterocycles. The maximum absolute atomic E-state index is 11.0. The van der Waals surface area contributed by atoms with E-state index in [4.69, 9.17) is 17.3 Å². The molecule has 0 atom stereocenters. The van der Waals surface area contributed by atoms with Crippen LogP contribution in [0.15, 0.2) is 30.0 Å². The fourth-order valence-electron chi connectivity index (χ4n) is 1.70. The molecule has 5 heteroatoms. The number of halogens is 1. The Balaban J connectivity index is 2.16. The highest BCUT2D eigenvalue weighted by Gasteiger charge is 2.17. The van der Waals surface area contributed by atoms with Gasteiger partial charge in [0.05, 0.1) is 5.02 Å². The molecule has 1 aliphatic heterocycles. The Labute approximate surface area is 98.7 Å². The highest BCUT2D eigenvalue weighted by molar-refractivity contribution is 6.32. The monoisotopic (exact) mass is 237 g/mol. The zero-order valence-corrected chi connectivity index (χ0v) is 9.44. The lowest BCUT2D eigenvalue weighted by Crippen LogP contribution is -2.32. The summed E-state index contributed by atoms with van der Waals surface area (Å²) in [5.74, 6) is 0.413. The SMILES string of the molecule is NC(=O)C1=CCN(c2ncccc2Cl)CC1. The third-order valence-corrected chi connectivity index (χ3v) is 2.86. The summed E-state index contributed by atoms with van der Waals surface area (Å²) in [5, 5.41) is 0.624. The normalized spacial score (nSPS) is 15.8. The minimum absolute atomic E-state index is 0.341. The van der Waals surface area contributed by atoms with E-state index in [1.165, 1.54) is 0 Å². The first-order valence-electron chi connectivity index (χ1n) is 5.03. The van der Waals surface area contributed by atoms with Crippen LogP contribution < -0.4 is 10.6 Å². The largest absolute Gasteiger partial charge is 0.366 e. The molecule has 0 saturated heterocycles. The zero-order valence-electron chi connectivity index (χ0n) is 8.69. The van der Waals surface area contributed by atoms with E-state index in [-0.39, 0.29) is 5.91 Å². The van der Waals surface area contributed by atoms with E-state index in [0.29, 0.717) is 30.1 Å². The van der Waals surface area contributed by atoms with Crippen molar-refractivity contribution in [1.29, 1.82) is 0 Å². The molecule has 0 radical (unpaired) electrons. The summed E-state index contributed by atoms with van der Waals surface area (Å²) in [4.78, 5) is 17.2. The number of hydrogen-bond acceptors (Lipinski definition) is 3. The fourth-order valence-corrected chi connectivity index (χ4v) is 1.94. The molecule has 16 heavy (non-hydrogen) atoms. The van der Waals surface area contributed by atoms with E-state index in [1.807, 2.05) is 11.0 Å². The molecule has 0 spiro atoms. The highest BCUT2D eigenvalue weighted by Crippen LogP contribution is 2.24.